The number of aryl methyl sites for hydroxylation is 4. The Kier molecular flexibility index (Phi) is 3.37. The van der Waals surface area contributed by atoms with Crippen LogP contribution in [0.2, 0.25) is 0 Å². The molecule has 0 aliphatic carbocycles. The maximum absolute atomic E-state index is 12.8. The first kappa shape index (κ1) is 14.9. The molecule has 124 valence electrons. The molecule has 1 aliphatic rings. The van der Waals surface area contributed by atoms with Gasteiger partial charge >= 0.3 is 0 Å². The summed E-state index contributed by atoms with van der Waals surface area (Å²) in [5.74, 6) is 0.983. The fourth-order valence-electron chi connectivity index (χ4n) is 3.36. The molecule has 0 radical (unpaired) electrons. The van der Waals surface area contributed by atoms with Crippen molar-refractivity contribution >= 4 is 17.0 Å². The van der Waals surface area contributed by atoms with E-state index in [1.807, 2.05) is 27.0 Å². The van der Waals surface area contributed by atoms with E-state index in [0.717, 1.165) is 36.6 Å². The number of pyridine rings is 1. The van der Waals surface area contributed by atoms with E-state index >= 15 is 0 Å². The number of rotatable bonds is 2. The highest BCUT2D eigenvalue weighted by Crippen LogP contribution is 2.22. The summed E-state index contributed by atoms with van der Waals surface area (Å²) in [5.41, 5.74) is 3.42. The summed E-state index contributed by atoms with van der Waals surface area (Å²) in [4.78, 5) is 21.6. The summed E-state index contributed by atoms with van der Waals surface area (Å²) in [7, 11) is 0. The summed E-state index contributed by atoms with van der Waals surface area (Å²) in [5, 5.41) is 7.75. The number of amides is 1. The zero-order valence-corrected chi connectivity index (χ0v) is 14.0. The quantitative estimate of drug-likeness (QED) is 0.780. The average Bonchev–Trinajstić information content (AvgIpc) is 3.08. The van der Waals surface area contributed by atoms with Crippen LogP contribution in [-0.2, 0) is 13.0 Å². The molecule has 4 rings (SSSR count). The topological polar surface area (TPSA) is 85.8 Å². The van der Waals surface area contributed by atoms with Crippen LogP contribution in [0.4, 0.5) is 0 Å². The number of hydrogen-bond donors (Lipinski definition) is 1. The second-order valence-corrected chi connectivity index (χ2v) is 6.42. The molecule has 1 atom stereocenters. The molecule has 4 heterocycles. The molecule has 3 aromatic rings. The zero-order chi connectivity index (χ0) is 16.8. The van der Waals surface area contributed by atoms with E-state index in [2.05, 4.69) is 25.0 Å². The second-order valence-electron chi connectivity index (χ2n) is 6.42. The Hall–Kier alpha value is -2.70. The molecular formula is C17H19N5O2. The molecular weight excluding hydrogens is 306 g/mol. The lowest BCUT2D eigenvalue weighted by Gasteiger charge is -2.24. The normalized spacial score (nSPS) is 17.0. The Morgan fingerprint density at radius 1 is 1.29 bits per heavy atom. The Labute approximate surface area is 139 Å². The average molecular weight is 325 g/mol. The van der Waals surface area contributed by atoms with Gasteiger partial charge in [-0.25, -0.2) is 9.97 Å². The van der Waals surface area contributed by atoms with Gasteiger partial charge in [-0.1, -0.05) is 5.16 Å². The van der Waals surface area contributed by atoms with Gasteiger partial charge in [0.25, 0.3) is 11.6 Å². The largest absolute Gasteiger partial charge is 0.347 e. The summed E-state index contributed by atoms with van der Waals surface area (Å²) >= 11 is 0. The van der Waals surface area contributed by atoms with Crippen molar-refractivity contribution in [3.05, 3.63) is 40.7 Å². The fourth-order valence-corrected chi connectivity index (χ4v) is 3.36. The van der Waals surface area contributed by atoms with Crippen LogP contribution in [0.15, 0.2) is 16.8 Å². The Morgan fingerprint density at radius 3 is 2.96 bits per heavy atom. The third kappa shape index (κ3) is 2.46. The van der Waals surface area contributed by atoms with Crippen LogP contribution >= 0.6 is 0 Å². The minimum Gasteiger partial charge on any atom is -0.347 e. The summed E-state index contributed by atoms with van der Waals surface area (Å²) in [6.07, 6.45) is 3.79. The van der Waals surface area contributed by atoms with E-state index in [-0.39, 0.29) is 11.9 Å². The van der Waals surface area contributed by atoms with Crippen molar-refractivity contribution < 1.29 is 9.32 Å². The van der Waals surface area contributed by atoms with Crippen molar-refractivity contribution in [3.63, 3.8) is 0 Å². The first-order valence-corrected chi connectivity index (χ1v) is 8.08. The van der Waals surface area contributed by atoms with Gasteiger partial charge in [-0.15, -0.1) is 0 Å². The van der Waals surface area contributed by atoms with Crippen LogP contribution < -0.4 is 5.32 Å². The van der Waals surface area contributed by atoms with Gasteiger partial charge in [0, 0.05) is 30.9 Å². The first-order valence-electron chi connectivity index (χ1n) is 8.08. The maximum atomic E-state index is 12.8. The van der Waals surface area contributed by atoms with Gasteiger partial charge in [0.05, 0.1) is 22.3 Å². The zero-order valence-electron chi connectivity index (χ0n) is 14.0. The van der Waals surface area contributed by atoms with Gasteiger partial charge in [-0.05, 0) is 33.3 Å². The molecule has 0 saturated carbocycles. The molecule has 0 unspecified atom stereocenters. The number of hydrogen-bond acceptors (Lipinski definition) is 5. The lowest BCUT2D eigenvalue weighted by atomic mass is 10.1. The molecule has 0 aromatic carbocycles. The molecule has 0 spiro atoms. The highest BCUT2D eigenvalue weighted by molar-refractivity contribution is 6.06. The van der Waals surface area contributed by atoms with Crippen LogP contribution in [0.1, 0.15) is 39.7 Å². The highest BCUT2D eigenvalue weighted by Gasteiger charge is 2.24. The second kappa shape index (κ2) is 5.43. The van der Waals surface area contributed by atoms with E-state index in [4.69, 9.17) is 4.52 Å². The maximum Gasteiger partial charge on any atom is 0.258 e. The van der Waals surface area contributed by atoms with E-state index in [1.54, 1.807) is 6.07 Å². The molecule has 7 nitrogen and oxygen atoms in total. The molecule has 1 amide bonds. The standard InChI is InChI=1S/C17H19N5O2/c1-9-6-13(15-11(3)21-24-17(15)19-9)16(23)20-12-4-5-14-18-10(2)7-22(14)8-12/h6-7,12H,4-5,8H2,1-3H3,(H,20,23)/t12-/m0/s1. The van der Waals surface area contributed by atoms with Crippen molar-refractivity contribution in [1.82, 2.24) is 25.0 Å². The van der Waals surface area contributed by atoms with E-state index in [0.29, 0.717) is 22.4 Å². The summed E-state index contributed by atoms with van der Waals surface area (Å²) in [6, 6.07) is 1.87. The lowest BCUT2D eigenvalue weighted by Crippen LogP contribution is -2.41. The minimum atomic E-state index is -0.109. The van der Waals surface area contributed by atoms with Crippen LogP contribution in [0.5, 0.6) is 0 Å². The molecule has 3 aromatic heterocycles. The number of nitrogens with one attached hydrogen (secondary N) is 1. The fraction of sp³-hybridized carbons (Fsp3) is 0.412. The van der Waals surface area contributed by atoms with Crippen LogP contribution in [-0.4, -0.2) is 31.6 Å². The minimum absolute atomic E-state index is 0.0855. The smallest absolute Gasteiger partial charge is 0.258 e. The van der Waals surface area contributed by atoms with Gasteiger partial charge in [0.2, 0.25) is 0 Å². The number of nitrogens with zero attached hydrogens (tertiary/aromatic N) is 4. The van der Waals surface area contributed by atoms with Gasteiger partial charge in [0.1, 0.15) is 5.82 Å². The number of imidazole rings is 1. The van der Waals surface area contributed by atoms with E-state index in [9.17, 15) is 4.79 Å². The number of carbonyl (C=O) groups excluding carboxylic acids is 1. The molecule has 24 heavy (non-hydrogen) atoms. The lowest BCUT2D eigenvalue weighted by molar-refractivity contribution is 0.0929. The summed E-state index contributed by atoms with van der Waals surface area (Å²) < 4.78 is 7.33. The Balaban J connectivity index is 1.60. The van der Waals surface area contributed by atoms with Crippen molar-refractivity contribution in [2.45, 2.75) is 46.2 Å². The van der Waals surface area contributed by atoms with Gasteiger partial charge in [-0.2, -0.15) is 0 Å². The predicted octanol–water partition coefficient (Wildman–Crippen LogP) is 2.09. The molecule has 0 bridgehead atoms. The molecule has 1 aliphatic heterocycles. The molecule has 0 fully saturated rings. The van der Waals surface area contributed by atoms with Crippen molar-refractivity contribution in [2.24, 2.45) is 0 Å². The molecule has 7 heteroatoms. The van der Waals surface area contributed by atoms with Crippen LogP contribution in [0, 0.1) is 20.8 Å². The van der Waals surface area contributed by atoms with Crippen molar-refractivity contribution in [2.75, 3.05) is 0 Å². The first-order chi connectivity index (χ1) is 11.5. The van der Waals surface area contributed by atoms with Gasteiger partial charge < -0.3 is 14.4 Å². The van der Waals surface area contributed by atoms with Gasteiger partial charge in [-0.3, -0.25) is 4.79 Å². The van der Waals surface area contributed by atoms with E-state index in [1.165, 1.54) is 0 Å². The molecule has 0 saturated heterocycles. The van der Waals surface area contributed by atoms with E-state index < -0.39 is 0 Å². The molecule has 1 N–H and O–H groups in total. The van der Waals surface area contributed by atoms with Crippen LogP contribution in [0.3, 0.4) is 0 Å². The van der Waals surface area contributed by atoms with Crippen molar-refractivity contribution in [1.29, 1.82) is 0 Å². The number of aromatic nitrogens is 4. The third-order valence-corrected chi connectivity index (χ3v) is 4.44. The predicted molar refractivity (Wildman–Crippen MR) is 87.8 cm³/mol. The monoisotopic (exact) mass is 325 g/mol. The third-order valence-electron chi connectivity index (χ3n) is 4.44. The van der Waals surface area contributed by atoms with Crippen LogP contribution in [0.25, 0.3) is 11.1 Å². The SMILES string of the molecule is Cc1cn2c(n1)CC[C@H](NC(=O)c1cc(C)nc3onc(C)c13)C2. The van der Waals surface area contributed by atoms with Crippen molar-refractivity contribution in [3.8, 4) is 0 Å². The number of fused-ring (bicyclic) bond motifs is 2. The summed E-state index contributed by atoms with van der Waals surface area (Å²) in [6.45, 7) is 6.40. The van der Waals surface area contributed by atoms with Gasteiger partial charge in [0.15, 0.2) is 0 Å². The Morgan fingerprint density at radius 2 is 2.12 bits per heavy atom. The highest BCUT2D eigenvalue weighted by atomic mass is 16.5. The number of carbonyl (C=O) groups is 1. The Bertz CT molecular complexity index is 940.